The lowest BCUT2D eigenvalue weighted by Crippen LogP contribution is -2.37. The van der Waals surface area contributed by atoms with Crippen LogP contribution in [0, 0.1) is 5.92 Å². The molecule has 0 spiro atoms. The second-order valence-electron chi connectivity index (χ2n) is 5.57. The van der Waals surface area contributed by atoms with Crippen molar-refractivity contribution in [3.05, 3.63) is 0 Å². The zero-order valence-electron chi connectivity index (χ0n) is 9.97. The van der Waals surface area contributed by atoms with Gasteiger partial charge in [0.25, 0.3) is 0 Å². The van der Waals surface area contributed by atoms with Crippen LogP contribution in [0.1, 0.15) is 32.1 Å². The highest BCUT2D eigenvalue weighted by molar-refractivity contribution is 5.00. The molecule has 0 aromatic carbocycles. The summed E-state index contributed by atoms with van der Waals surface area (Å²) in [4.78, 5) is 2.43. The van der Waals surface area contributed by atoms with Gasteiger partial charge in [-0.1, -0.05) is 0 Å². The Labute approximate surface area is 93.4 Å². The molecule has 0 aromatic rings. The maximum absolute atomic E-state index is 6.01. The molecule has 0 bridgehead atoms. The Morgan fingerprint density at radius 3 is 2.60 bits per heavy atom. The molecule has 3 heteroatoms. The molecule has 0 aromatic heterocycles. The molecule has 3 N–H and O–H groups in total. The van der Waals surface area contributed by atoms with Gasteiger partial charge in [0.05, 0.1) is 0 Å². The molecule has 15 heavy (non-hydrogen) atoms. The fourth-order valence-electron chi connectivity index (χ4n) is 2.33. The topological polar surface area (TPSA) is 41.3 Å². The molecule has 88 valence electrons. The summed E-state index contributed by atoms with van der Waals surface area (Å²) in [5.41, 5.74) is 6.19. The van der Waals surface area contributed by atoms with E-state index in [1.54, 1.807) is 0 Å². The standard InChI is InChI=1S/C12H25N3/c1-15-8-3-11(4-9-15)2-7-14-10-12(13)5-6-12/h11,14H,2-10,13H2,1H3. The van der Waals surface area contributed by atoms with Crippen LogP contribution in [-0.4, -0.2) is 43.7 Å². The van der Waals surface area contributed by atoms with E-state index in [0.29, 0.717) is 0 Å². The lowest BCUT2D eigenvalue weighted by molar-refractivity contribution is 0.211. The first-order valence-corrected chi connectivity index (χ1v) is 6.36. The highest BCUT2D eigenvalue weighted by atomic mass is 15.1. The van der Waals surface area contributed by atoms with E-state index in [-0.39, 0.29) is 5.54 Å². The monoisotopic (exact) mass is 211 g/mol. The predicted octanol–water partition coefficient (Wildman–Crippen LogP) is 0.799. The highest BCUT2D eigenvalue weighted by Crippen LogP contribution is 2.31. The second kappa shape index (κ2) is 4.81. The summed E-state index contributed by atoms with van der Waals surface area (Å²) in [6.07, 6.45) is 6.53. The van der Waals surface area contributed by atoms with Crippen molar-refractivity contribution in [2.75, 3.05) is 33.2 Å². The number of nitrogens with one attached hydrogen (secondary N) is 1. The molecule has 1 saturated carbocycles. The molecule has 2 rings (SSSR count). The third-order valence-electron chi connectivity index (χ3n) is 3.94. The number of hydrogen-bond donors (Lipinski definition) is 2. The van der Waals surface area contributed by atoms with Crippen molar-refractivity contribution in [3.8, 4) is 0 Å². The summed E-state index contributed by atoms with van der Waals surface area (Å²) in [7, 11) is 2.22. The van der Waals surface area contributed by atoms with E-state index in [9.17, 15) is 0 Å². The predicted molar refractivity (Wildman–Crippen MR) is 63.9 cm³/mol. The molecule has 0 amide bonds. The fourth-order valence-corrected chi connectivity index (χ4v) is 2.33. The van der Waals surface area contributed by atoms with Gasteiger partial charge in [0.1, 0.15) is 0 Å². The number of piperidine rings is 1. The van der Waals surface area contributed by atoms with Crippen LogP contribution in [0.15, 0.2) is 0 Å². The van der Waals surface area contributed by atoms with Crippen molar-refractivity contribution in [2.45, 2.75) is 37.6 Å². The lowest BCUT2D eigenvalue weighted by atomic mass is 9.94. The normalized spacial score (nSPS) is 26.8. The quantitative estimate of drug-likeness (QED) is 0.661. The van der Waals surface area contributed by atoms with Gasteiger partial charge in [0.2, 0.25) is 0 Å². The molecule has 1 saturated heterocycles. The molecule has 2 aliphatic rings. The second-order valence-corrected chi connectivity index (χ2v) is 5.57. The Bertz CT molecular complexity index is 193. The van der Waals surface area contributed by atoms with Gasteiger partial charge in [-0.05, 0) is 64.7 Å². The zero-order chi connectivity index (χ0) is 10.7. The summed E-state index contributed by atoms with van der Waals surface area (Å²) >= 11 is 0. The van der Waals surface area contributed by atoms with Crippen molar-refractivity contribution in [1.29, 1.82) is 0 Å². The van der Waals surface area contributed by atoms with Crippen LogP contribution in [0.4, 0.5) is 0 Å². The van der Waals surface area contributed by atoms with Gasteiger partial charge in [-0.15, -0.1) is 0 Å². The smallest absolute Gasteiger partial charge is 0.0282 e. The van der Waals surface area contributed by atoms with Gasteiger partial charge in [0.15, 0.2) is 0 Å². The van der Waals surface area contributed by atoms with E-state index in [0.717, 1.165) is 19.0 Å². The zero-order valence-corrected chi connectivity index (χ0v) is 9.97. The molecule has 1 aliphatic carbocycles. The van der Waals surface area contributed by atoms with Crippen LogP contribution in [-0.2, 0) is 0 Å². The van der Waals surface area contributed by atoms with Crippen molar-refractivity contribution in [1.82, 2.24) is 10.2 Å². The minimum absolute atomic E-state index is 0.173. The van der Waals surface area contributed by atoms with Crippen molar-refractivity contribution in [2.24, 2.45) is 11.7 Å². The molecule has 0 radical (unpaired) electrons. The van der Waals surface area contributed by atoms with Crippen LogP contribution in [0.25, 0.3) is 0 Å². The molecule has 1 heterocycles. The number of rotatable bonds is 5. The molecule has 1 aliphatic heterocycles. The van der Waals surface area contributed by atoms with Crippen LogP contribution >= 0.6 is 0 Å². The third kappa shape index (κ3) is 3.74. The SMILES string of the molecule is CN1CCC(CCNCC2(N)CC2)CC1. The Kier molecular flexibility index (Phi) is 3.65. The lowest BCUT2D eigenvalue weighted by Gasteiger charge is -2.29. The van der Waals surface area contributed by atoms with E-state index in [4.69, 9.17) is 5.73 Å². The van der Waals surface area contributed by atoms with Crippen LogP contribution in [0.5, 0.6) is 0 Å². The van der Waals surface area contributed by atoms with Gasteiger partial charge >= 0.3 is 0 Å². The van der Waals surface area contributed by atoms with Crippen molar-refractivity contribution < 1.29 is 0 Å². The minimum Gasteiger partial charge on any atom is -0.324 e. The summed E-state index contributed by atoms with van der Waals surface area (Å²) in [6.45, 7) is 4.75. The first-order valence-electron chi connectivity index (χ1n) is 6.36. The molecular weight excluding hydrogens is 186 g/mol. The first-order chi connectivity index (χ1) is 7.18. The van der Waals surface area contributed by atoms with Gasteiger partial charge in [-0.2, -0.15) is 0 Å². The third-order valence-corrected chi connectivity index (χ3v) is 3.94. The largest absolute Gasteiger partial charge is 0.324 e. The summed E-state index contributed by atoms with van der Waals surface area (Å²) in [6, 6.07) is 0. The molecular formula is C12H25N3. The summed E-state index contributed by atoms with van der Waals surface area (Å²) in [5.74, 6) is 0.946. The van der Waals surface area contributed by atoms with Gasteiger partial charge in [-0.3, -0.25) is 0 Å². The van der Waals surface area contributed by atoms with E-state index in [1.807, 2.05) is 0 Å². The van der Waals surface area contributed by atoms with Gasteiger partial charge in [-0.25, -0.2) is 0 Å². The highest BCUT2D eigenvalue weighted by Gasteiger charge is 2.37. The molecule has 3 nitrogen and oxygen atoms in total. The number of nitrogens with zero attached hydrogens (tertiary/aromatic N) is 1. The van der Waals surface area contributed by atoms with E-state index < -0.39 is 0 Å². The number of hydrogen-bond acceptors (Lipinski definition) is 3. The van der Waals surface area contributed by atoms with E-state index >= 15 is 0 Å². The van der Waals surface area contributed by atoms with Crippen molar-refractivity contribution >= 4 is 0 Å². The average molecular weight is 211 g/mol. The Morgan fingerprint density at radius 1 is 1.33 bits per heavy atom. The van der Waals surface area contributed by atoms with Crippen LogP contribution in [0.3, 0.4) is 0 Å². The number of likely N-dealkylation sites (tertiary alicyclic amines) is 1. The van der Waals surface area contributed by atoms with Crippen LogP contribution in [0.2, 0.25) is 0 Å². The fraction of sp³-hybridized carbons (Fsp3) is 1.00. The average Bonchev–Trinajstić information content (AvgIpc) is 2.95. The van der Waals surface area contributed by atoms with E-state index in [2.05, 4.69) is 17.3 Å². The Balaban J connectivity index is 1.50. The Hall–Kier alpha value is -0.120. The van der Waals surface area contributed by atoms with Gasteiger partial charge < -0.3 is 16.0 Å². The molecule has 2 fully saturated rings. The van der Waals surface area contributed by atoms with Gasteiger partial charge in [0, 0.05) is 12.1 Å². The number of nitrogens with two attached hydrogens (primary N) is 1. The minimum atomic E-state index is 0.173. The maximum Gasteiger partial charge on any atom is 0.0282 e. The Morgan fingerprint density at radius 2 is 2.00 bits per heavy atom. The summed E-state index contributed by atoms with van der Waals surface area (Å²) in [5, 5.41) is 3.51. The molecule has 0 atom stereocenters. The maximum atomic E-state index is 6.01. The van der Waals surface area contributed by atoms with E-state index in [1.165, 1.54) is 45.2 Å². The molecule has 0 unspecified atom stereocenters. The first kappa shape index (κ1) is 11.4. The summed E-state index contributed by atoms with van der Waals surface area (Å²) < 4.78 is 0. The van der Waals surface area contributed by atoms with Crippen LogP contribution < -0.4 is 11.1 Å². The van der Waals surface area contributed by atoms with Crippen molar-refractivity contribution in [3.63, 3.8) is 0 Å².